The normalized spacial score (nSPS) is 24.1. The Morgan fingerprint density at radius 2 is 1.79 bits per heavy atom. The highest BCUT2D eigenvalue weighted by molar-refractivity contribution is 7.90. The molecule has 0 unspecified atom stereocenters. The number of rotatable bonds is 16. The second-order valence-corrected chi connectivity index (χ2v) is 11.2. The third-order valence-corrected chi connectivity index (χ3v) is 8.37. The molecule has 0 saturated carbocycles. The molecule has 190 valence electrons. The summed E-state index contributed by atoms with van der Waals surface area (Å²) >= 11 is 0. The Morgan fingerprint density at radius 1 is 1.03 bits per heavy atom. The summed E-state index contributed by atoms with van der Waals surface area (Å²) in [7, 11) is -3.79. The van der Waals surface area contributed by atoms with Gasteiger partial charge < -0.3 is 9.47 Å². The Bertz CT molecular complexity index is 870. The summed E-state index contributed by atoms with van der Waals surface area (Å²) in [5.41, 5.74) is 0. The van der Waals surface area contributed by atoms with Crippen molar-refractivity contribution in [3.63, 3.8) is 0 Å². The molecule has 0 radical (unpaired) electrons. The Morgan fingerprint density at radius 3 is 2.56 bits per heavy atom. The van der Waals surface area contributed by atoms with Crippen molar-refractivity contribution in [3.05, 3.63) is 42.5 Å². The number of sulfonamides is 1. The van der Waals surface area contributed by atoms with Gasteiger partial charge >= 0.3 is 0 Å². The van der Waals surface area contributed by atoms with Gasteiger partial charge in [0.05, 0.1) is 17.1 Å². The predicted molar refractivity (Wildman–Crippen MR) is 134 cm³/mol. The Balaban J connectivity index is 1.32. The average Bonchev–Trinajstić information content (AvgIpc) is 3.43. The van der Waals surface area contributed by atoms with E-state index in [1.807, 2.05) is 0 Å². The van der Waals surface area contributed by atoms with Crippen LogP contribution in [0.15, 0.2) is 47.4 Å². The van der Waals surface area contributed by atoms with E-state index < -0.39 is 15.9 Å². The maximum Gasteiger partial charge on any atom is 0.264 e. The number of ether oxygens (including phenoxy) is 2. The van der Waals surface area contributed by atoms with E-state index in [1.165, 1.54) is 37.8 Å². The second-order valence-electron chi connectivity index (χ2n) is 9.52. The zero-order valence-corrected chi connectivity index (χ0v) is 21.3. The first kappa shape index (κ1) is 26.9. The number of fused-ring (bicyclic) bond motifs is 2. The molecule has 1 N–H and O–H groups in total. The molecule has 0 spiro atoms. The van der Waals surface area contributed by atoms with Crippen LogP contribution in [0.2, 0.25) is 0 Å². The quantitative estimate of drug-likeness (QED) is 0.248. The molecule has 2 aliphatic heterocycles. The fourth-order valence-corrected chi connectivity index (χ4v) is 6.20. The number of hydrogen-bond acceptors (Lipinski definition) is 5. The van der Waals surface area contributed by atoms with Crippen LogP contribution in [0.5, 0.6) is 0 Å². The van der Waals surface area contributed by atoms with Crippen LogP contribution in [0, 0.1) is 11.8 Å². The molecule has 2 aliphatic rings. The highest BCUT2D eigenvalue weighted by Crippen LogP contribution is 2.46. The summed E-state index contributed by atoms with van der Waals surface area (Å²) in [6.45, 7) is 3.91. The van der Waals surface area contributed by atoms with Gasteiger partial charge in [-0.2, -0.15) is 0 Å². The van der Waals surface area contributed by atoms with Crippen molar-refractivity contribution in [2.45, 2.75) is 94.7 Å². The molecule has 34 heavy (non-hydrogen) atoms. The third-order valence-electron chi connectivity index (χ3n) is 6.98. The summed E-state index contributed by atoms with van der Waals surface area (Å²) < 4.78 is 38.6. The minimum absolute atomic E-state index is 0.104. The molecule has 0 aliphatic carbocycles. The van der Waals surface area contributed by atoms with Gasteiger partial charge in [-0.25, -0.2) is 13.1 Å². The van der Waals surface area contributed by atoms with Crippen LogP contribution in [0.3, 0.4) is 0 Å². The topological polar surface area (TPSA) is 81.7 Å². The van der Waals surface area contributed by atoms with Gasteiger partial charge in [0.1, 0.15) is 0 Å². The Kier molecular flexibility index (Phi) is 11.1. The average molecular weight is 492 g/mol. The maximum atomic E-state index is 12.2. The van der Waals surface area contributed by atoms with Gasteiger partial charge in [0.25, 0.3) is 10.0 Å². The van der Waals surface area contributed by atoms with Crippen molar-refractivity contribution in [1.29, 1.82) is 0 Å². The van der Waals surface area contributed by atoms with E-state index >= 15 is 0 Å². The van der Waals surface area contributed by atoms with E-state index in [2.05, 4.69) is 23.8 Å². The molecule has 2 heterocycles. The highest BCUT2D eigenvalue weighted by atomic mass is 32.2. The van der Waals surface area contributed by atoms with Crippen molar-refractivity contribution < 1.29 is 22.7 Å². The molecule has 3 rings (SSSR count). The number of hydrogen-bond donors (Lipinski definition) is 1. The van der Waals surface area contributed by atoms with E-state index in [-0.39, 0.29) is 11.3 Å². The van der Waals surface area contributed by atoms with E-state index in [0.717, 1.165) is 45.3 Å². The van der Waals surface area contributed by atoms with Gasteiger partial charge in [0.2, 0.25) is 5.91 Å². The molecule has 6 nitrogen and oxygen atoms in total. The zero-order chi connectivity index (χ0) is 24.2. The number of carbonyl (C=O) groups is 1. The fourth-order valence-electron chi connectivity index (χ4n) is 5.16. The van der Waals surface area contributed by atoms with Crippen molar-refractivity contribution in [1.82, 2.24) is 4.72 Å². The first-order chi connectivity index (χ1) is 16.5. The molecule has 1 aromatic carbocycles. The maximum absolute atomic E-state index is 12.2. The van der Waals surface area contributed by atoms with Gasteiger partial charge in [0.15, 0.2) is 0 Å². The summed E-state index contributed by atoms with van der Waals surface area (Å²) in [5.74, 6) is 0.666. The van der Waals surface area contributed by atoms with E-state index in [1.54, 1.807) is 18.2 Å². The molecule has 4 atom stereocenters. The molecular formula is C27H41NO5S. The van der Waals surface area contributed by atoms with Crippen LogP contribution in [0.4, 0.5) is 0 Å². The molecule has 2 fully saturated rings. The Labute approximate surface area is 205 Å². The number of nitrogens with one attached hydrogen (secondary N) is 1. The summed E-state index contributed by atoms with van der Waals surface area (Å²) in [6, 6.07) is 7.96. The molecule has 1 amide bonds. The lowest BCUT2D eigenvalue weighted by Crippen LogP contribution is -2.30. The van der Waals surface area contributed by atoms with Crippen molar-refractivity contribution in [3.8, 4) is 0 Å². The van der Waals surface area contributed by atoms with Gasteiger partial charge in [-0.15, -0.1) is 0 Å². The van der Waals surface area contributed by atoms with E-state index in [9.17, 15) is 13.2 Å². The van der Waals surface area contributed by atoms with E-state index in [0.29, 0.717) is 30.5 Å². The zero-order valence-electron chi connectivity index (χ0n) is 20.5. The summed E-state index contributed by atoms with van der Waals surface area (Å²) in [4.78, 5) is 12.2. The predicted octanol–water partition coefficient (Wildman–Crippen LogP) is 5.39. The standard InChI is InChI=1S/C27H41NO5S/c1-2-3-4-12-20-32-21-19-24-23(25-17-18-26(24)33-25)15-10-5-6-11-16-27(29)28-34(30,31)22-13-8-7-9-14-22/h5,7-10,13-14,23-26H,2-4,6,11-12,15-21H2,1H3,(H,28,29)/t23-,24+,25-,26+/m1/s1. The van der Waals surface area contributed by atoms with Gasteiger partial charge in [0, 0.05) is 19.6 Å². The summed E-state index contributed by atoms with van der Waals surface area (Å²) in [6.07, 6.45) is 16.0. The lowest BCUT2D eigenvalue weighted by Gasteiger charge is -2.27. The van der Waals surface area contributed by atoms with Crippen molar-refractivity contribution in [2.75, 3.05) is 13.2 Å². The van der Waals surface area contributed by atoms with Crippen LogP contribution in [-0.2, 0) is 24.3 Å². The molecule has 1 aromatic rings. The first-order valence-electron chi connectivity index (χ1n) is 13.0. The molecular weight excluding hydrogens is 450 g/mol. The number of benzene rings is 1. The van der Waals surface area contributed by atoms with Crippen molar-refractivity contribution >= 4 is 15.9 Å². The number of amides is 1. The number of carbonyl (C=O) groups excluding carboxylic acids is 1. The van der Waals surface area contributed by atoms with Crippen LogP contribution >= 0.6 is 0 Å². The second kappa shape index (κ2) is 14.0. The molecule has 7 heteroatoms. The molecule has 2 bridgehead atoms. The van der Waals surface area contributed by atoms with Gasteiger partial charge in [-0.3, -0.25) is 4.79 Å². The lowest BCUT2D eigenvalue weighted by atomic mass is 9.76. The van der Waals surface area contributed by atoms with Gasteiger partial charge in [-0.05, 0) is 68.9 Å². The highest BCUT2D eigenvalue weighted by Gasteiger charge is 2.47. The van der Waals surface area contributed by atoms with Crippen LogP contribution in [0.1, 0.15) is 77.6 Å². The fraction of sp³-hybridized carbons (Fsp3) is 0.667. The SMILES string of the molecule is CCCCCCOCC[C@H]1[C@@H](CC=CCCCC(=O)NS(=O)(=O)c2ccccc2)[C@H]2CC[C@@H]1O2. The smallest absolute Gasteiger partial charge is 0.264 e. The minimum atomic E-state index is -3.79. The van der Waals surface area contributed by atoms with Crippen LogP contribution < -0.4 is 4.72 Å². The summed E-state index contributed by atoms with van der Waals surface area (Å²) in [5, 5.41) is 0. The van der Waals surface area contributed by atoms with Crippen LogP contribution in [-0.4, -0.2) is 39.7 Å². The molecule has 0 aromatic heterocycles. The minimum Gasteiger partial charge on any atom is -0.381 e. The number of allylic oxidation sites excluding steroid dienone is 2. The van der Waals surface area contributed by atoms with E-state index in [4.69, 9.17) is 9.47 Å². The van der Waals surface area contributed by atoms with Gasteiger partial charge in [-0.1, -0.05) is 56.5 Å². The largest absolute Gasteiger partial charge is 0.381 e. The monoisotopic (exact) mass is 491 g/mol. The van der Waals surface area contributed by atoms with Crippen LogP contribution in [0.25, 0.3) is 0 Å². The lowest BCUT2D eigenvalue weighted by molar-refractivity contribution is -0.119. The Hall–Kier alpha value is -1.70. The van der Waals surface area contributed by atoms with Crippen molar-refractivity contribution in [2.24, 2.45) is 11.8 Å². The third kappa shape index (κ3) is 8.21. The number of unbranched alkanes of at least 4 members (excludes halogenated alkanes) is 4. The molecule has 2 saturated heterocycles. The first-order valence-corrected chi connectivity index (χ1v) is 14.5.